The van der Waals surface area contributed by atoms with Crippen molar-refractivity contribution in [2.24, 2.45) is 0 Å². The van der Waals surface area contributed by atoms with Crippen LogP contribution in [0, 0.1) is 6.92 Å². The van der Waals surface area contributed by atoms with Crippen LogP contribution in [0.3, 0.4) is 0 Å². The second-order valence-electron chi connectivity index (χ2n) is 10.7. The minimum absolute atomic E-state index is 0.0765. The zero-order chi connectivity index (χ0) is 26.2. The first-order valence-corrected chi connectivity index (χ1v) is 12.8. The molecule has 1 aliphatic heterocycles. The first kappa shape index (κ1) is 25.0. The summed E-state index contributed by atoms with van der Waals surface area (Å²) in [7, 11) is 0. The summed E-state index contributed by atoms with van der Waals surface area (Å²) in [6.45, 7) is 11.8. The molecule has 5 rings (SSSR count). The third-order valence-electron chi connectivity index (χ3n) is 6.72. The zero-order valence-corrected chi connectivity index (χ0v) is 22.1. The van der Waals surface area contributed by atoms with Crippen LogP contribution in [-0.4, -0.2) is 36.9 Å². The van der Waals surface area contributed by atoms with E-state index in [9.17, 15) is 4.79 Å². The Morgan fingerprint density at radius 1 is 1.08 bits per heavy atom. The first-order valence-electron chi connectivity index (χ1n) is 12.8. The van der Waals surface area contributed by atoms with Crippen molar-refractivity contribution in [3.05, 3.63) is 75.3 Å². The number of benzene rings is 2. The molecule has 0 fully saturated rings. The molecule has 1 unspecified atom stereocenters. The Bertz CT molecular complexity index is 1450. The number of aryl methyl sites for hydroxylation is 1. The number of nitrogens with zero attached hydrogens (tertiary/aromatic N) is 5. The van der Waals surface area contributed by atoms with Crippen LogP contribution in [0.15, 0.2) is 47.3 Å². The molecule has 2 aromatic heterocycles. The van der Waals surface area contributed by atoms with Crippen LogP contribution in [0.5, 0.6) is 11.5 Å². The fourth-order valence-corrected chi connectivity index (χ4v) is 4.81. The predicted molar refractivity (Wildman–Crippen MR) is 142 cm³/mol. The quantitative estimate of drug-likeness (QED) is 0.368. The topological polar surface area (TPSA) is 98.2 Å². The van der Waals surface area contributed by atoms with Crippen LogP contribution in [0.25, 0.3) is 10.9 Å². The van der Waals surface area contributed by atoms with Crippen molar-refractivity contribution in [3.63, 3.8) is 0 Å². The van der Waals surface area contributed by atoms with Gasteiger partial charge in [0.1, 0.15) is 0 Å². The number of nitrogens with one attached hydrogen (secondary N) is 1. The van der Waals surface area contributed by atoms with Crippen molar-refractivity contribution in [1.29, 1.82) is 0 Å². The number of H-pyrrole nitrogens is 1. The lowest BCUT2D eigenvalue weighted by Gasteiger charge is -2.33. The van der Waals surface area contributed by atoms with Gasteiger partial charge in [0.2, 0.25) is 6.79 Å². The van der Waals surface area contributed by atoms with E-state index in [-0.39, 0.29) is 23.9 Å². The molecular formula is C28H34N6O3. The number of rotatable bonds is 8. The fourth-order valence-electron chi connectivity index (χ4n) is 4.81. The number of hydrogen-bond acceptors (Lipinski definition) is 7. The lowest BCUT2D eigenvalue weighted by Crippen LogP contribution is -2.35. The highest BCUT2D eigenvalue weighted by Crippen LogP contribution is 2.36. The highest BCUT2D eigenvalue weighted by atomic mass is 16.7. The standard InChI is InChI=1S/C28H34N6O3/c1-6-7-23(26-30-31-32-34(26)28(3,4)5)33(15-19-10-8-18(2)9-11-19)16-21-12-20-13-24-25(37-17-36-24)14-22(20)29-27(21)35/h8-14,23H,6-7,15-17H2,1-5H3,(H,29,35). The Kier molecular flexibility index (Phi) is 6.72. The Labute approximate surface area is 216 Å². The monoisotopic (exact) mass is 502 g/mol. The van der Waals surface area contributed by atoms with Gasteiger partial charge in [-0.1, -0.05) is 43.2 Å². The van der Waals surface area contributed by atoms with E-state index in [2.05, 4.69) is 84.3 Å². The normalized spacial score (nSPS) is 14.0. The van der Waals surface area contributed by atoms with Gasteiger partial charge >= 0.3 is 0 Å². The van der Waals surface area contributed by atoms with Crippen LogP contribution in [-0.2, 0) is 18.6 Å². The molecule has 0 saturated heterocycles. The Balaban J connectivity index is 1.57. The molecule has 9 nitrogen and oxygen atoms in total. The van der Waals surface area contributed by atoms with Gasteiger partial charge in [0.25, 0.3) is 5.56 Å². The number of aromatic amines is 1. The molecule has 4 aromatic rings. The maximum Gasteiger partial charge on any atom is 0.252 e. The minimum atomic E-state index is -0.275. The number of hydrogen-bond donors (Lipinski definition) is 1. The third-order valence-corrected chi connectivity index (χ3v) is 6.72. The Morgan fingerprint density at radius 3 is 2.51 bits per heavy atom. The van der Waals surface area contributed by atoms with Crippen molar-refractivity contribution in [2.75, 3.05) is 6.79 Å². The van der Waals surface area contributed by atoms with Gasteiger partial charge in [0.15, 0.2) is 17.3 Å². The number of fused-ring (bicyclic) bond motifs is 2. The van der Waals surface area contributed by atoms with Crippen LogP contribution in [0.4, 0.5) is 0 Å². The lowest BCUT2D eigenvalue weighted by molar-refractivity contribution is 0.148. The van der Waals surface area contributed by atoms with Crippen molar-refractivity contribution in [3.8, 4) is 11.5 Å². The molecule has 37 heavy (non-hydrogen) atoms. The molecular weight excluding hydrogens is 468 g/mol. The molecule has 0 amide bonds. The maximum atomic E-state index is 13.3. The first-order chi connectivity index (χ1) is 17.7. The molecule has 1 aliphatic rings. The number of pyridine rings is 1. The van der Waals surface area contributed by atoms with Gasteiger partial charge in [-0.05, 0) is 62.2 Å². The molecule has 0 saturated carbocycles. The van der Waals surface area contributed by atoms with Crippen molar-refractivity contribution in [2.45, 2.75) is 72.1 Å². The van der Waals surface area contributed by atoms with Crippen molar-refractivity contribution >= 4 is 10.9 Å². The van der Waals surface area contributed by atoms with E-state index < -0.39 is 0 Å². The molecule has 194 valence electrons. The van der Waals surface area contributed by atoms with Crippen molar-refractivity contribution in [1.82, 2.24) is 30.1 Å². The summed E-state index contributed by atoms with van der Waals surface area (Å²) in [6.07, 6.45) is 1.80. The summed E-state index contributed by atoms with van der Waals surface area (Å²) in [6, 6.07) is 14.1. The van der Waals surface area contributed by atoms with E-state index in [0.717, 1.165) is 29.6 Å². The van der Waals surface area contributed by atoms with Crippen LogP contribution >= 0.6 is 0 Å². The van der Waals surface area contributed by atoms with Gasteiger partial charge in [-0.15, -0.1) is 5.10 Å². The van der Waals surface area contributed by atoms with E-state index in [0.29, 0.717) is 30.2 Å². The van der Waals surface area contributed by atoms with Crippen LogP contribution in [0.2, 0.25) is 0 Å². The van der Waals surface area contributed by atoms with Gasteiger partial charge in [0, 0.05) is 30.1 Å². The Hall–Kier alpha value is -3.72. The van der Waals surface area contributed by atoms with E-state index in [1.807, 2.05) is 22.9 Å². The molecule has 3 heterocycles. The maximum absolute atomic E-state index is 13.3. The average Bonchev–Trinajstić information content (AvgIpc) is 3.52. The highest BCUT2D eigenvalue weighted by molar-refractivity contribution is 5.83. The summed E-state index contributed by atoms with van der Waals surface area (Å²) < 4.78 is 12.9. The van der Waals surface area contributed by atoms with E-state index in [4.69, 9.17) is 9.47 Å². The summed E-state index contributed by atoms with van der Waals surface area (Å²) in [5, 5.41) is 13.7. The van der Waals surface area contributed by atoms with Gasteiger partial charge in [-0.2, -0.15) is 0 Å². The van der Waals surface area contributed by atoms with Crippen LogP contribution < -0.4 is 15.0 Å². The van der Waals surface area contributed by atoms with Gasteiger partial charge in [-0.3, -0.25) is 9.69 Å². The predicted octanol–water partition coefficient (Wildman–Crippen LogP) is 4.85. The van der Waals surface area contributed by atoms with Crippen molar-refractivity contribution < 1.29 is 9.47 Å². The second kappa shape index (κ2) is 9.97. The van der Waals surface area contributed by atoms with Gasteiger partial charge in [-0.25, -0.2) is 4.68 Å². The summed E-state index contributed by atoms with van der Waals surface area (Å²) in [4.78, 5) is 18.6. The zero-order valence-electron chi connectivity index (χ0n) is 22.1. The molecule has 1 N–H and O–H groups in total. The molecule has 9 heteroatoms. The number of ether oxygens (including phenoxy) is 2. The molecule has 0 spiro atoms. The van der Waals surface area contributed by atoms with Crippen LogP contribution in [0.1, 0.15) is 69.1 Å². The molecule has 1 atom stereocenters. The van der Waals surface area contributed by atoms with E-state index in [1.54, 1.807) is 0 Å². The summed E-state index contributed by atoms with van der Waals surface area (Å²) in [5.41, 5.74) is 3.39. The number of aromatic nitrogens is 5. The highest BCUT2D eigenvalue weighted by Gasteiger charge is 2.30. The Morgan fingerprint density at radius 2 is 1.81 bits per heavy atom. The molecule has 0 bridgehead atoms. The average molecular weight is 503 g/mol. The fraction of sp³-hybridized carbons (Fsp3) is 0.429. The molecule has 0 aliphatic carbocycles. The molecule has 2 aromatic carbocycles. The van der Waals surface area contributed by atoms with Gasteiger partial charge < -0.3 is 14.5 Å². The number of tetrazole rings is 1. The van der Waals surface area contributed by atoms with E-state index >= 15 is 0 Å². The van der Waals surface area contributed by atoms with Gasteiger partial charge in [0.05, 0.1) is 17.1 Å². The largest absolute Gasteiger partial charge is 0.454 e. The molecule has 0 radical (unpaired) electrons. The second-order valence-corrected chi connectivity index (χ2v) is 10.7. The third kappa shape index (κ3) is 5.22. The smallest absolute Gasteiger partial charge is 0.252 e. The minimum Gasteiger partial charge on any atom is -0.454 e. The van der Waals surface area contributed by atoms with E-state index in [1.165, 1.54) is 11.1 Å². The SMILES string of the molecule is CCCC(c1nnnn1C(C)(C)C)N(Cc1ccc(C)cc1)Cc1cc2cc3c(cc2[nH]c1=O)OCO3. The summed E-state index contributed by atoms with van der Waals surface area (Å²) in [5.74, 6) is 2.14. The lowest BCUT2D eigenvalue weighted by atomic mass is 10.0. The summed E-state index contributed by atoms with van der Waals surface area (Å²) >= 11 is 0.